The maximum absolute atomic E-state index is 13.2. The first-order valence-corrected chi connectivity index (χ1v) is 7.11. The maximum atomic E-state index is 13.2. The van der Waals surface area contributed by atoms with Crippen LogP contribution in [-0.2, 0) is 9.53 Å². The summed E-state index contributed by atoms with van der Waals surface area (Å²) in [4.78, 5) is 12.3. The minimum atomic E-state index is -0.379. The van der Waals surface area contributed by atoms with E-state index in [2.05, 4.69) is 21.2 Å². The summed E-state index contributed by atoms with van der Waals surface area (Å²) in [5, 5.41) is 2.77. The largest absolute Gasteiger partial charge is 0.374 e. The number of ether oxygens (including phenoxy) is 1. The van der Waals surface area contributed by atoms with Crippen LogP contribution in [0.3, 0.4) is 0 Å². The number of hydrogen-bond acceptors (Lipinski definition) is 2. The molecule has 4 unspecified atom stereocenters. The summed E-state index contributed by atoms with van der Waals surface area (Å²) in [7, 11) is 0. The van der Waals surface area contributed by atoms with Gasteiger partial charge in [0.1, 0.15) is 5.82 Å². The number of carbonyl (C=O) groups is 1. The van der Waals surface area contributed by atoms with E-state index in [1.54, 1.807) is 6.07 Å². The van der Waals surface area contributed by atoms with Gasteiger partial charge in [0, 0.05) is 4.47 Å². The van der Waals surface area contributed by atoms with E-state index < -0.39 is 0 Å². The topological polar surface area (TPSA) is 38.3 Å². The Balaban J connectivity index is 2.15. The van der Waals surface area contributed by atoms with Gasteiger partial charge in [-0.1, -0.05) is 6.92 Å². The highest BCUT2D eigenvalue weighted by Crippen LogP contribution is 2.33. The smallest absolute Gasteiger partial charge is 0.230 e. The fourth-order valence-electron chi connectivity index (χ4n) is 2.53. The Bertz CT molecular complexity index is 494. The molecule has 1 N–H and O–H groups in total. The molecule has 1 amide bonds. The van der Waals surface area contributed by atoms with Crippen LogP contribution in [0.25, 0.3) is 0 Å². The number of carbonyl (C=O) groups excluding carboxylic acids is 1. The van der Waals surface area contributed by atoms with E-state index in [0.29, 0.717) is 10.2 Å². The van der Waals surface area contributed by atoms with Crippen molar-refractivity contribution in [3.8, 4) is 0 Å². The molecule has 1 heterocycles. The van der Waals surface area contributed by atoms with Crippen molar-refractivity contribution >= 4 is 27.5 Å². The third-order valence-corrected chi connectivity index (χ3v) is 4.42. The third-order valence-electron chi connectivity index (χ3n) is 3.73. The molecule has 4 atom stereocenters. The molecule has 104 valence electrons. The molecule has 19 heavy (non-hydrogen) atoms. The van der Waals surface area contributed by atoms with Crippen molar-refractivity contribution in [2.45, 2.75) is 33.0 Å². The van der Waals surface area contributed by atoms with Gasteiger partial charge in [0.05, 0.1) is 23.8 Å². The van der Waals surface area contributed by atoms with E-state index in [1.165, 1.54) is 12.1 Å². The summed E-state index contributed by atoms with van der Waals surface area (Å²) in [6.45, 7) is 5.86. The molecule has 0 aliphatic carbocycles. The van der Waals surface area contributed by atoms with Crippen LogP contribution in [0.4, 0.5) is 10.1 Å². The van der Waals surface area contributed by atoms with Crippen LogP contribution in [0.5, 0.6) is 0 Å². The predicted molar refractivity (Wildman–Crippen MR) is 75.4 cm³/mol. The zero-order valence-corrected chi connectivity index (χ0v) is 12.7. The van der Waals surface area contributed by atoms with Gasteiger partial charge >= 0.3 is 0 Å². The summed E-state index contributed by atoms with van der Waals surface area (Å²) in [6, 6.07) is 4.22. The molecule has 3 nitrogen and oxygen atoms in total. The van der Waals surface area contributed by atoms with Crippen LogP contribution in [0.2, 0.25) is 0 Å². The highest BCUT2D eigenvalue weighted by atomic mass is 79.9. The highest BCUT2D eigenvalue weighted by Gasteiger charge is 2.41. The number of rotatable bonds is 2. The minimum Gasteiger partial charge on any atom is -0.374 e. The number of amides is 1. The van der Waals surface area contributed by atoms with Crippen molar-refractivity contribution in [3.05, 3.63) is 28.5 Å². The lowest BCUT2D eigenvalue weighted by atomic mass is 9.89. The van der Waals surface area contributed by atoms with Crippen LogP contribution in [0.15, 0.2) is 22.7 Å². The fraction of sp³-hybridized carbons (Fsp3) is 0.500. The van der Waals surface area contributed by atoms with E-state index in [4.69, 9.17) is 4.74 Å². The molecule has 0 aromatic heterocycles. The van der Waals surface area contributed by atoms with Crippen molar-refractivity contribution in [2.75, 3.05) is 5.32 Å². The molecule has 1 aromatic carbocycles. The summed E-state index contributed by atoms with van der Waals surface area (Å²) in [5.41, 5.74) is 0.448. The molecule has 1 saturated heterocycles. The average molecular weight is 330 g/mol. The zero-order valence-electron chi connectivity index (χ0n) is 11.1. The normalized spacial score (nSPS) is 30.4. The van der Waals surface area contributed by atoms with Crippen molar-refractivity contribution in [2.24, 2.45) is 11.8 Å². The Morgan fingerprint density at radius 1 is 1.32 bits per heavy atom. The molecular weight excluding hydrogens is 313 g/mol. The fourth-order valence-corrected chi connectivity index (χ4v) is 2.87. The molecule has 0 bridgehead atoms. The first kappa shape index (κ1) is 14.5. The van der Waals surface area contributed by atoms with Crippen molar-refractivity contribution in [1.82, 2.24) is 0 Å². The Morgan fingerprint density at radius 2 is 2.00 bits per heavy atom. The molecule has 1 aromatic rings. The number of halogens is 2. The van der Waals surface area contributed by atoms with Gasteiger partial charge in [-0.2, -0.15) is 0 Å². The molecule has 2 rings (SSSR count). The van der Waals surface area contributed by atoms with E-state index in [0.717, 1.165) is 0 Å². The number of nitrogens with one attached hydrogen (secondary N) is 1. The Hall–Kier alpha value is -0.940. The highest BCUT2D eigenvalue weighted by molar-refractivity contribution is 9.10. The van der Waals surface area contributed by atoms with Gasteiger partial charge in [0.15, 0.2) is 0 Å². The summed E-state index contributed by atoms with van der Waals surface area (Å²) in [5.74, 6) is -0.584. The standard InChI is InChI=1S/C14H17BrFNO2/c1-7-8(2)19-9(3)13(7)14(18)17-12-6-10(16)4-5-11(12)15/h4-9,13H,1-3H3,(H,17,18). The first-order valence-electron chi connectivity index (χ1n) is 6.31. The lowest BCUT2D eigenvalue weighted by Gasteiger charge is -2.18. The summed E-state index contributed by atoms with van der Waals surface area (Å²) < 4.78 is 19.5. The second-order valence-corrected chi connectivity index (χ2v) is 5.90. The lowest BCUT2D eigenvalue weighted by molar-refractivity contribution is -0.121. The summed E-state index contributed by atoms with van der Waals surface area (Å²) in [6.07, 6.45) is -0.0703. The van der Waals surface area contributed by atoms with Crippen LogP contribution < -0.4 is 5.32 Å². The van der Waals surface area contributed by atoms with Gasteiger partial charge < -0.3 is 10.1 Å². The quantitative estimate of drug-likeness (QED) is 0.900. The van der Waals surface area contributed by atoms with E-state index in [9.17, 15) is 9.18 Å². The van der Waals surface area contributed by atoms with Gasteiger partial charge in [-0.3, -0.25) is 4.79 Å². The van der Waals surface area contributed by atoms with Gasteiger partial charge in [-0.25, -0.2) is 4.39 Å². The van der Waals surface area contributed by atoms with Crippen LogP contribution in [-0.4, -0.2) is 18.1 Å². The Kier molecular flexibility index (Phi) is 4.26. The molecule has 1 fully saturated rings. The van der Waals surface area contributed by atoms with E-state index in [-0.39, 0.29) is 35.8 Å². The van der Waals surface area contributed by atoms with Crippen LogP contribution in [0, 0.1) is 17.7 Å². The number of benzene rings is 1. The first-order chi connectivity index (χ1) is 8.90. The number of anilines is 1. The molecule has 5 heteroatoms. The zero-order chi connectivity index (χ0) is 14.2. The van der Waals surface area contributed by atoms with Crippen LogP contribution in [0.1, 0.15) is 20.8 Å². The lowest BCUT2D eigenvalue weighted by Crippen LogP contribution is -2.32. The van der Waals surface area contributed by atoms with Gasteiger partial charge in [-0.15, -0.1) is 0 Å². The van der Waals surface area contributed by atoms with Crippen molar-refractivity contribution in [1.29, 1.82) is 0 Å². The second kappa shape index (κ2) is 5.59. The Labute approximate surface area is 120 Å². The van der Waals surface area contributed by atoms with Crippen molar-refractivity contribution < 1.29 is 13.9 Å². The molecule has 0 saturated carbocycles. The number of hydrogen-bond donors (Lipinski definition) is 1. The summed E-state index contributed by atoms with van der Waals surface area (Å²) >= 11 is 3.30. The predicted octanol–water partition coefficient (Wildman–Crippen LogP) is 3.59. The van der Waals surface area contributed by atoms with Gasteiger partial charge in [-0.05, 0) is 53.9 Å². The Morgan fingerprint density at radius 3 is 2.58 bits per heavy atom. The SMILES string of the molecule is CC1OC(C)C(C(=O)Nc2cc(F)ccc2Br)C1C. The maximum Gasteiger partial charge on any atom is 0.230 e. The molecular formula is C14H17BrFNO2. The molecule has 0 spiro atoms. The molecule has 0 radical (unpaired) electrons. The van der Waals surface area contributed by atoms with E-state index in [1.807, 2.05) is 20.8 Å². The average Bonchev–Trinajstić information content (AvgIpc) is 2.58. The molecule has 1 aliphatic heterocycles. The molecule has 1 aliphatic rings. The monoisotopic (exact) mass is 329 g/mol. The van der Waals surface area contributed by atoms with Gasteiger partial charge in [0.2, 0.25) is 5.91 Å². The van der Waals surface area contributed by atoms with Crippen molar-refractivity contribution in [3.63, 3.8) is 0 Å². The third kappa shape index (κ3) is 2.98. The second-order valence-electron chi connectivity index (χ2n) is 5.04. The minimum absolute atomic E-state index is 0.0571. The van der Waals surface area contributed by atoms with Gasteiger partial charge in [0.25, 0.3) is 0 Å². The van der Waals surface area contributed by atoms with E-state index >= 15 is 0 Å². The van der Waals surface area contributed by atoms with Crippen LogP contribution >= 0.6 is 15.9 Å².